The highest BCUT2D eigenvalue weighted by molar-refractivity contribution is 5.46. The molecule has 0 aromatic heterocycles. The Labute approximate surface area is 111 Å². The molecule has 102 valence electrons. The van der Waals surface area contributed by atoms with Crippen molar-refractivity contribution >= 4 is 0 Å². The average Bonchev–Trinajstić information content (AvgIpc) is 2.30. The molecule has 3 N–H and O–H groups in total. The zero-order chi connectivity index (χ0) is 14.0. The van der Waals surface area contributed by atoms with Crippen LogP contribution in [0.15, 0.2) is 6.07 Å². The van der Waals surface area contributed by atoms with E-state index >= 15 is 0 Å². The molecule has 1 rings (SSSR count). The molecule has 0 aliphatic rings. The van der Waals surface area contributed by atoms with Crippen molar-refractivity contribution in [2.24, 2.45) is 5.73 Å². The molecule has 3 heteroatoms. The topological polar surface area (TPSA) is 49.5 Å². The van der Waals surface area contributed by atoms with E-state index in [4.69, 9.17) is 5.73 Å². The quantitative estimate of drug-likeness (QED) is 0.857. The number of hydrogen-bond donors (Lipinski definition) is 2. The second-order valence-corrected chi connectivity index (χ2v) is 5.39. The van der Waals surface area contributed by atoms with E-state index in [-0.39, 0.29) is 12.6 Å². The fourth-order valence-corrected chi connectivity index (χ4v) is 2.61. The molecule has 0 fully saturated rings. The van der Waals surface area contributed by atoms with E-state index in [0.717, 1.165) is 0 Å². The number of aliphatic hydroxyl groups excluding tert-OH is 1. The SMILES string of the molecule is Cc1cc(C)c(C)c(C(C(O)CN)N(C)C)c1C. The van der Waals surface area contributed by atoms with Crippen LogP contribution in [0.1, 0.15) is 33.9 Å². The standard InChI is InChI=1S/C15H26N2O/c1-9-7-10(2)12(4)14(11(9)3)15(17(5)6)13(18)8-16/h7,13,15,18H,8,16H2,1-6H3. The largest absolute Gasteiger partial charge is 0.390 e. The Morgan fingerprint density at radius 3 is 1.89 bits per heavy atom. The smallest absolute Gasteiger partial charge is 0.0858 e. The van der Waals surface area contributed by atoms with E-state index < -0.39 is 6.10 Å². The molecule has 0 aliphatic carbocycles. The van der Waals surface area contributed by atoms with Crippen molar-refractivity contribution in [3.8, 4) is 0 Å². The molecule has 2 atom stereocenters. The summed E-state index contributed by atoms with van der Waals surface area (Å²) >= 11 is 0. The summed E-state index contributed by atoms with van der Waals surface area (Å²) < 4.78 is 0. The predicted octanol–water partition coefficient (Wildman–Crippen LogP) is 1.84. The van der Waals surface area contributed by atoms with E-state index in [1.54, 1.807) is 0 Å². The van der Waals surface area contributed by atoms with Crippen LogP contribution >= 0.6 is 0 Å². The van der Waals surface area contributed by atoms with Crippen molar-refractivity contribution < 1.29 is 5.11 Å². The summed E-state index contributed by atoms with van der Waals surface area (Å²) in [6.07, 6.45) is -0.543. The minimum atomic E-state index is -0.543. The zero-order valence-corrected chi connectivity index (χ0v) is 12.4. The van der Waals surface area contributed by atoms with Crippen molar-refractivity contribution in [1.82, 2.24) is 4.90 Å². The van der Waals surface area contributed by atoms with Gasteiger partial charge < -0.3 is 15.7 Å². The molecule has 0 spiro atoms. The number of aliphatic hydroxyl groups is 1. The maximum Gasteiger partial charge on any atom is 0.0858 e. The number of rotatable bonds is 4. The molecular weight excluding hydrogens is 224 g/mol. The summed E-state index contributed by atoms with van der Waals surface area (Å²) in [5.74, 6) is 0. The normalized spacial score (nSPS) is 14.9. The minimum absolute atomic E-state index is 0.0476. The van der Waals surface area contributed by atoms with Gasteiger partial charge in [-0.05, 0) is 69.6 Å². The summed E-state index contributed by atoms with van der Waals surface area (Å²) in [5, 5.41) is 10.2. The van der Waals surface area contributed by atoms with Crippen LogP contribution in [0.2, 0.25) is 0 Å². The van der Waals surface area contributed by atoms with Crippen molar-refractivity contribution in [1.29, 1.82) is 0 Å². The molecule has 0 saturated heterocycles. The van der Waals surface area contributed by atoms with Gasteiger partial charge in [0.15, 0.2) is 0 Å². The lowest BCUT2D eigenvalue weighted by Gasteiger charge is -2.32. The first-order valence-corrected chi connectivity index (χ1v) is 6.43. The molecule has 0 amide bonds. The highest BCUT2D eigenvalue weighted by atomic mass is 16.3. The first-order chi connectivity index (χ1) is 8.31. The average molecular weight is 250 g/mol. The zero-order valence-electron chi connectivity index (χ0n) is 12.4. The molecule has 0 bridgehead atoms. The van der Waals surface area contributed by atoms with Gasteiger partial charge in [0.05, 0.1) is 12.1 Å². The molecule has 2 unspecified atom stereocenters. The maximum absolute atomic E-state index is 10.2. The summed E-state index contributed by atoms with van der Waals surface area (Å²) in [4.78, 5) is 2.05. The third-order valence-corrected chi connectivity index (χ3v) is 3.88. The minimum Gasteiger partial charge on any atom is -0.390 e. The second-order valence-electron chi connectivity index (χ2n) is 5.39. The summed E-state index contributed by atoms with van der Waals surface area (Å²) in [5.41, 5.74) is 11.9. The highest BCUT2D eigenvalue weighted by Crippen LogP contribution is 2.31. The molecule has 0 saturated carbocycles. The lowest BCUT2D eigenvalue weighted by molar-refractivity contribution is 0.0815. The molecule has 0 heterocycles. The lowest BCUT2D eigenvalue weighted by atomic mass is 9.87. The maximum atomic E-state index is 10.2. The third-order valence-electron chi connectivity index (χ3n) is 3.88. The van der Waals surface area contributed by atoms with E-state index in [1.165, 1.54) is 27.8 Å². The van der Waals surface area contributed by atoms with Gasteiger partial charge in [0.2, 0.25) is 0 Å². The van der Waals surface area contributed by atoms with E-state index in [2.05, 4.69) is 33.8 Å². The van der Waals surface area contributed by atoms with Crippen molar-refractivity contribution in [2.45, 2.75) is 39.8 Å². The van der Waals surface area contributed by atoms with Crippen LogP contribution in [0.25, 0.3) is 0 Å². The highest BCUT2D eigenvalue weighted by Gasteiger charge is 2.26. The lowest BCUT2D eigenvalue weighted by Crippen LogP contribution is -2.37. The summed E-state index contributed by atoms with van der Waals surface area (Å²) in [7, 11) is 3.97. The Morgan fingerprint density at radius 2 is 1.56 bits per heavy atom. The number of benzene rings is 1. The van der Waals surface area contributed by atoms with Crippen LogP contribution < -0.4 is 5.73 Å². The van der Waals surface area contributed by atoms with Gasteiger partial charge in [0.25, 0.3) is 0 Å². The predicted molar refractivity (Wildman–Crippen MR) is 76.9 cm³/mol. The second kappa shape index (κ2) is 5.83. The number of aryl methyl sites for hydroxylation is 2. The van der Waals surface area contributed by atoms with Crippen LogP contribution in [0.5, 0.6) is 0 Å². The fraction of sp³-hybridized carbons (Fsp3) is 0.600. The Kier molecular flexibility index (Phi) is 4.91. The van der Waals surface area contributed by atoms with Gasteiger partial charge in [0.1, 0.15) is 0 Å². The monoisotopic (exact) mass is 250 g/mol. The first kappa shape index (κ1) is 15.2. The van der Waals surface area contributed by atoms with Crippen LogP contribution in [-0.2, 0) is 0 Å². The van der Waals surface area contributed by atoms with Crippen LogP contribution in [0, 0.1) is 27.7 Å². The number of hydrogen-bond acceptors (Lipinski definition) is 3. The fourth-order valence-electron chi connectivity index (χ4n) is 2.61. The Bertz CT molecular complexity index is 401. The summed E-state index contributed by atoms with van der Waals surface area (Å²) in [6, 6.07) is 2.16. The Morgan fingerprint density at radius 1 is 1.11 bits per heavy atom. The van der Waals surface area contributed by atoms with Gasteiger partial charge in [0, 0.05) is 6.54 Å². The van der Waals surface area contributed by atoms with Gasteiger partial charge in [-0.3, -0.25) is 0 Å². The molecular formula is C15H26N2O. The molecule has 1 aromatic carbocycles. The van der Waals surface area contributed by atoms with Gasteiger partial charge in [-0.15, -0.1) is 0 Å². The van der Waals surface area contributed by atoms with Crippen LogP contribution in [0.3, 0.4) is 0 Å². The first-order valence-electron chi connectivity index (χ1n) is 6.43. The molecule has 0 aliphatic heterocycles. The van der Waals surface area contributed by atoms with Crippen molar-refractivity contribution in [2.75, 3.05) is 20.6 Å². The summed E-state index contributed by atoms with van der Waals surface area (Å²) in [6.45, 7) is 8.75. The van der Waals surface area contributed by atoms with Gasteiger partial charge in [-0.2, -0.15) is 0 Å². The van der Waals surface area contributed by atoms with Gasteiger partial charge in [-0.25, -0.2) is 0 Å². The molecule has 18 heavy (non-hydrogen) atoms. The van der Waals surface area contributed by atoms with Crippen LogP contribution in [0.4, 0.5) is 0 Å². The van der Waals surface area contributed by atoms with Crippen LogP contribution in [-0.4, -0.2) is 36.8 Å². The number of nitrogens with two attached hydrogens (primary N) is 1. The van der Waals surface area contributed by atoms with Gasteiger partial charge >= 0.3 is 0 Å². The Balaban J connectivity index is 3.45. The third kappa shape index (κ3) is 2.74. The molecule has 3 nitrogen and oxygen atoms in total. The van der Waals surface area contributed by atoms with E-state index in [1.807, 2.05) is 19.0 Å². The van der Waals surface area contributed by atoms with Crippen molar-refractivity contribution in [3.05, 3.63) is 33.9 Å². The van der Waals surface area contributed by atoms with E-state index in [9.17, 15) is 5.11 Å². The van der Waals surface area contributed by atoms with Crippen molar-refractivity contribution in [3.63, 3.8) is 0 Å². The van der Waals surface area contributed by atoms with E-state index in [0.29, 0.717) is 0 Å². The molecule has 1 aromatic rings. The number of nitrogens with zero attached hydrogens (tertiary/aromatic N) is 1. The Hall–Kier alpha value is -0.900. The molecule has 0 radical (unpaired) electrons. The number of likely N-dealkylation sites (N-methyl/N-ethyl adjacent to an activating group) is 1. The van der Waals surface area contributed by atoms with Gasteiger partial charge in [-0.1, -0.05) is 6.07 Å².